The van der Waals surface area contributed by atoms with Crippen molar-refractivity contribution in [3.8, 4) is 32.7 Å². The molecule has 0 bridgehead atoms. The summed E-state index contributed by atoms with van der Waals surface area (Å²) in [7, 11) is 0. The van der Waals surface area contributed by atoms with Crippen molar-refractivity contribution in [1.29, 1.82) is 0 Å². The summed E-state index contributed by atoms with van der Waals surface area (Å²) in [6.07, 6.45) is 7.34. The number of hydrogen-bond donors (Lipinski definition) is 1. The second-order valence-electron chi connectivity index (χ2n) is 5.89. The molecule has 1 N–H and O–H groups in total. The lowest BCUT2D eigenvalue weighted by Gasteiger charge is -2.04. The fourth-order valence-electron chi connectivity index (χ4n) is 3.09. The second kappa shape index (κ2) is 5.76. The van der Waals surface area contributed by atoms with Crippen LogP contribution in [0.15, 0.2) is 83.2 Å². The Morgan fingerprint density at radius 3 is 2.56 bits per heavy atom. The molecule has 0 fully saturated rings. The van der Waals surface area contributed by atoms with Gasteiger partial charge in [-0.25, -0.2) is 4.98 Å². The van der Waals surface area contributed by atoms with E-state index in [1.54, 1.807) is 23.9 Å². The summed E-state index contributed by atoms with van der Waals surface area (Å²) >= 11 is 1.76. The average Bonchev–Trinajstić information content (AvgIpc) is 3.41. The summed E-state index contributed by atoms with van der Waals surface area (Å²) < 4.78 is 5.22. The number of nitrogens with zero attached hydrogens (tertiary/aromatic N) is 1. The van der Waals surface area contributed by atoms with Crippen LogP contribution in [0.3, 0.4) is 0 Å². The molecule has 25 heavy (non-hydrogen) atoms. The van der Waals surface area contributed by atoms with Crippen LogP contribution in [0, 0.1) is 0 Å². The van der Waals surface area contributed by atoms with Crippen LogP contribution in [0.25, 0.3) is 43.7 Å². The fourth-order valence-corrected chi connectivity index (χ4v) is 3.82. The third-order valence-corrected chi connectivity index (χ3v) is 5.31. The SMILES string of the molecule is c1csc(-c2ccc(-c3cnc4[nH]cc(-c5ccoc5)c4c3)cc2)c1. The molecule has 120 valence electrons. The van der Waals surface area contributed by atoms with Gasteiger partial charge >= 0.3 is 0 Å². The molecule has 0 aliphatic carbocycles. The highest BCUT2D eigenvalue weighted by Gasteiger charge is 2.10. The third kappa shape index (κ3) is 2.47. The molecule has 0 atom stereocenters. The number of H-pyrrole nitrogens is 1. The highest BCUT2D eigenvalue weighted by molar-refractivity contribution is 7.13. The Morgan fingerprint density at radius 1 is 0.920 bits per heavy atom. The minimum atomic E-state index is 0.884. The monoisotopic (exact) mass is 342 g/mol. The summed E-state index contributed by atoms with van der Waals surface area (Å²) in [5.74, 6) is 0. The van der Waals surface area contributed by atoms with Crippen molar-refractivity contribution in [1.82, 2.24) is 9.97 Å². The summed E-state index contributed by atoms with van der Waals surface area (Å²) in [6, 6.07) is 17.0. The van der Waals surface area contributed by atoms with Gasteiger partial charge in [-0.3, -0.25) is 0 Å². The van der Waals surface area contributed by atoms with Crippen molar-refractivity contribution in [2.75, 3.05) is 0 Å². The summed E-state index contributed by atoms with van der Waals surface area (Å²) in [5, 5.41) is 3.20. The Morgan fingerprint density at radius 2 is 1.80 bits per heavy atom. The largest absolute Gasteiger partial charge is 0.472 e. The van der Waals surface area contributed by atoms with Gasteiger partial charge in [-0.1, -0.05) is 30.3 Å². The van der Waals surface area contributed by atoms with Crippen LogP contribution >= 0.6 is 11.3 Å². The standard InChI is InChI=1S/C21H14N2OS/c1-2-20(25-9-1)15-5-3-14(4-6-15)17-10-18-19(16-7-8-24-13-16)12-23-21(18)22-11-17/h1-13H,(H,22,23). The first-order valence-corrected chi connectivity index (χ1v) is 8.90. The predicted octanol–water partition coefficient (Wildman–Crippen LogP) is 6.22. The maximum Gasteiger partial charge on any atom is 0.137 e. The number of pyridine rings is 1. The molecule has 4 aromatic heterocycles. The fraction of sp³-hybridized carbons (Fsp3) is 0. The Labute approximate surface area is 148 Å². The van der Waals surface area contributed by atoms with Gasteiger partial charge in [-0.15, -0.1) is 11.3 Å². The molecule has 0 unspecified atom stereocenters. The summed E-state index contributed by atoms with van der Waals surface area (Å²) in [6.45, 7) is 0. The maximum atomic E-state index is 5.22. The first-order chi connectivity index (χ1) is 12.4. The molecule has 0 saturated carbocycles. The van der Waals surface area contributed by atoms with E-state index in [0.29, 0.717) is 0 Å². The zero-order valence-corrected chi connectivity index (χ0v) is 14.1. The minimum Gasteiger partial charge on any atom is -0.472 e. The molecule has 0 aliphatic rings. The molecule has 3 nitrogen and oxygen atoms in total. The van der Waals surface area contributed by atoms with Crippen LogP contribution in [-0.4, -0.2) is 9.97 Å². The van der Waals surface area contributed by atoms with Crippen LogP contribution < -0.4 is 0 Å². The predicted molar refractivity (Wildman–Crippen MR) is 103 cm³/mol. The number of benzene rings is 1. The van der Waals surface area contributed by atoms with Crippen molar-refractivity contribution in [2.45, 2.75) is 0 Å². The van der Waals surface area contributed by atoms with E-state index >= 15 is 0 Å². The molecule has 0 spiro atoms. The highest BCUT2D eigenvalue weighted by Crippen LogP contribution is 2.32. The number of aromatic amines is 1. The normalized spacial score (nSPS) is 11.2. The Hall–Kier alpha value is -3.11. The van der Waals surface area contributed by atoms with E-state index in [9.17, 15) is 0 Å². The molecule has 5 rings (SSSR count). The lowest BCUT2D eigenvalue weighted by Crippen LogP contribution is -1.83. The number of nitrogens with one attached hydrogen (secondary N) is 1. The van der Waals surface area contributed by atoms with Gasteiger partial charge in [0.1, 0.15) is 5.65 Å². The number of furan rings is 1. The van der Waals surface area contributed by atoms with E-state index in [0.717, 1.165) is 33.3 Å². The van der Waals surface area contributed by atoms with Crippen molar-refractivity contribution < 1.29 is 4.42 Å². The molecule has 5 aromatic rings. The lowest BCUT2D eigenvalue weighted by molar-refractivity contribution is 0.568. The number of aromatic nitrogens is 2. The van der Waals surface area contributed by atoms with Crippen LogP contribution in [0.5, 0.6) is 0 Å². The number of rotatable bonds is 3. The van der Waals surface area contributed by atoms with E-state index < -0.39 is 0 Å². The van der Waals surface area contributed by atoms with Gasteiger partial charge in [0.25, 0.3) is 0 Å². The minimum absolute atomic E-state index is 0.884. The van der Waals surface area contributed by atoms with Gasteiger partial charge in [0, 0.05) is 39.3 Å². The lowest BCUT2D eigenvalue weighted by atomic mass is 10.0. The first-order valence-electron chi connectivity index (χ1n) is 8.02. The van der Waals surface area contributed by atoms with Crippen molar-refractivity contribution in [3.63, 3.8) is 0 Å². The van der Waals surface area contributed by atoms with Crippen LogP contribution in [0.1, 0.15) is 0 Å². The van der Waals surface area contributed by atoms with E-state index in [1.165, 1.54) is 10.4 Å². The topological polar surface area (TPSA) is 41.8 Å². The van der Waals surface area contributed by atoms with Crippen molar-refractivity contribution in [3.05, 3.63) is 78.8 Å². The molecule has 0 saturated heterocycles. The van der Waals surface area contributed by atoms with Gasteiger partial charge in [0.2, 0.25) is 0 Å². The molecule has 0 aliphatic heterocycles. The highest BCUT2D eigenvalue weighted by atomic mass is 32.1. The quantitative estimate of drug-likeness (QED) is 0.423. The Bertz CT molecular complexity index is 1120. The van der Waals surface area contributed by atoms with Gasteiger partial charge in [-0.2, -0.15) is 0 Å². The number of hydrogen-bond acceptors (Lipinski definition) is 3. The smallest absolute Gasteiger partial charge is 0.137 e. The second-order valence-corrected chi connectivity index (χ2v) is 6.84. The number of fused-ring (bicyclic) bond motifs is 1. The molecule has 4 heteroatoms. The summed E-state index contributed by atoms with van der Waals surface area (Å²) in [4.78, 5) is 9.09. The van der Waals surface area contributed by atoms with Crippen molar-refractivity contribution in [2.24, 2.45) is 0 Å². The van der Waals surface area contributed by atoms with Crippen LogP contribution in [0.2, 0.25) is 0 Å². The van der Waals surface area contributed by atoms with E-state index in [4.69, 9.17) is 4.42 Å². The van der Waals surface area contributed by atoms with E-state index in [1.807, 2.05) is 18.5 Å². The first kappa shape index (κ1) is 14.3. The molecule has 0 amide bonds. The van der Waals surface area contributed by atoms with Gasteiger partial charge in [0.05, 0.1) is 12.5 Å². The average molecular weight is 342 g/mol. The van der Waals surface area contributed by atoms with E-state index in [2.05, 4.69) is 57.8 Å². The Kier molecular flexibility index (Phi) is 3.28. The van der Waals surface area contributed by atoms with Crippen LogP contribution in [-0.2, 0) is 0 Å². The van der Waals surface area contributed by atoms with Crippen molar-refractivity contribution >= 4 is 22.4 Å². The zero-order chi connectivity index (χ0) is 16.6. The molecule has 0 radical (unpaired) electrons. The van der Waals surface area contributed by atoms with Gasteiger partial charge in [-0.05, 0) is 34.7 Å². The number of thiophene rings is 1. The Balaban J connectivity index is 1.57. The maximum absolute atomic E-state index is 5.22. The third-order valence-electron chi connectivity index (χ3n) is 4.39. The molecular formula is C21H14N2OS. The van der Waals surface area contributed by atoms with Gasteiger partial charge < -0.3 is 9.40 Å². The van der Waals surface area contributed by atoms with Gasteiger partial charge in [0.15, 0.2) is 0 Å². The summed E-state index contributed by atoms with van der Waals surface area (Å²) in [5.41, 5.74) is 6.55. The van der Waals surface area contributed by atoms with E-state index in [-0.39, 0.29) is 0 Å². The molecule has 1 aromatic carbocycles. The molecular weight excluding hydrogens is 328 g/mol. The van der Waals surface area contributed by atoms with Crippen LogP contribution in [0.4, 0.5) is 0 Å². The molecule has 4 heterocycles. The zero-order valence-electron chi connectivity index (χ0n) is 13.3.